The van der Waals surface area contributed by atoms with E-state index in [2.05, 4.69) is 5.10 Å². The van der Waals surface area contributed by atoms with Crippen LogP contribution < -0.4 is 0 Å². The minimum absolute atomic E-state index is 0.149. The monoisotopic (exact) mass is 206 g/mol. The van der Waals surface area contributed by atoms with E-state index in [1.54, 1.807) is 13.8 Å². The van der Waals surface area contributed by atoms with Gasteiger partial charge < -0.3 is 5.11 Å². The molecule has 1 unspecified atom stereocenters. The molecule has 0 aromatic carbocycles. The maximum absolute atomic E-state index is 12.0. The van der Waals surface area contributed by atoms with Crippen LogP contribution in [0.4, 0.5) is 4.39 Å². The van der Waals surface area contributed by atoms with E-state index in [-0.39, 0.29) is 6.54 Å². The molecule has 0 spiro atoms. The van der Waals surface area contributed by atoms with Crippen LogP contribution in [0.15, 0.2) is 0 Å². The van der Waals surface area contributed by atoms with Crippen molar-refractivity contribution >= 4 is 11.6 Å². The third-order valence-corrected chi connectivity index (χ3v) is 2.40. The first-order chi connectivity index (χ1) is 6.06. The molecule has 0 aliphatic heterocycles. The van der Waals surface area contributed by atoms with E-state index in [1.807, 2.05) is 0 Å². The fourth-order valence-corrected chi connectivity index (χ4v) is 1.24. The summed E-state index contributed by atoms with van der Waals surface area (Å²) >= 11 is 5.87. The van der Waals surface area contributed by atoms with Crippen LogP contribution in [0.3, 0.4) is 0 Å². The third-order valence-electron chi connectivity index (χ3n) is 1.85. The van der Waals surface area contributed by atoms with Gasteiger partial charge in [-0.3, -0.25) is 4.68 Å². The van der Waals surface area contributed by atoms with Gasteiger partial charge >= 0.3 is 0 Å². The van der Waals surface area contributed by atoms with E-state index in [0.29, 0.717) is 10.7 Å². The Morgan fingerprint density at radius 3 is 2.62 bits per heavy atom. The Labute approximate surface area is 81.1 Å². The summed E-state index contributed by atoms with van der Waals surface area (Å²) in [6.07, 6.45) is -1.01. The third kappa shape index (κ3) is 2.19. The Kier molecular flexibility index (Phi) is 3.27. The van der Waals surface area contributed by atoms with Crippen LogP contribution in [0, 0.1) is 13.8 Å². The molecule has 13 heavy (non-hydrogen) atoms. The summed E-state index contributed by atoms with van der Waals surface area (Å²) in [4.78, 5) is 0. The van der Waals surface area contributed by atoms with Crippen molar-refractivity contribution in [2.45, 2.75) is 26.5 Å². The van der Waals surface area contributed by atoms with Crippen molar-refractivity contribution in [1.82, 2.24) is 9.78 Å². The van der Waals surface area contributed by atoms with Gasteiger partial charge in [0, 0.05) is 0 Å². The Balaban J connectivity index is 2.83. The van der Waals surface area contributed by atoms with Gasteiger partial charge in [-0.05, 0) is 13.8 Å². The quantitative estimate of drug-likeness (QED) is 0.814. The number of aryl methyl sites for hydroxylation is 1. The van der Waals surface area contributed by atoms with E-state index in [4.69, 9.17) is 16.7 Å². The molecule has 1 aromatic rings. The number of hydrogen-bond acceptors (Lipinski definition) is 2. The zero-order valence-corrected chi connectivity index (χ0v) is 8.35. The van der Waals surface area contributed by atoms with Crippen molar-refractivity contribution in [2.24, 2.45) is 0 Å². The number of halogens is 2. The lowest BCUT2D eigenvalue weighted by Crippen LogP contribution is -2.19. The molecule has 0 saturated heterocycles. The summed E-state index contributed by atoms with van der Waals surface area (Å²) in [5, 5.41) is 13.7. The predicted octanol–water partition coefficient (Wildman–Crippen LogP) is 1.48. The Bertz CT molecular complexity index is 301. The number of alkyl halides is 1. The van der Waals surface area contributed by atoms with Gasteiger partial charge in [0.25, 0.3) is 0 Å². The van der Waals surface area contributed by atoms with Gasteiger partial charge in [-0.2, -0.15) is 5.10 Å². The van der Waals surface area contributed by atoms with Crippen LogP contribution in [-0.2, 0) is 6.54 Å². The minimum atomic E-state index is -1.01. The van der Waals surface area contributed by atoms with Crippen molar-refractivity contribution in [2.75, 3.05) is 6.67 Å². The summed E-state index contributed by atoms with van der Waals surface area (Å²) in [7, 11) is 0. The van der Waals surface area contributed by atoms with Gasteiger partial charge in [0.2, 0.25) is 0 Å². The van der Waals surface area contributed by atoms with Crippen molar-refractivity contribution in [3.63, 3.8) is 0 Å². The predicted molar refractivity (Wildman–Crippen MR) is 48.7 cm³/mol. The maximum Gasteiger partial charge on any atom is 0.117 e. The molecule has 0 fully saturated rings. The Morgan fingerprint density at radius 1 is 1.62 bits per heavy atom. The second-order valence-corrected chi connectivity index (χ2v) is 3.35. The standard InChI is InChI=1S/C8H12ClFN2O/c1-5-8(9)6(2)12(11-5)4-7(13)3-10/h7,13H,3-4H2,1-2H3. The largest absolute Gasteiger partial charge is 0.388 e. The number of rotatable bonds is 3. The molecular formula is C8H12ClFN2O. The minimum Gasteiger partial charge on any atom is -0.388 e. The van der Waals surface area contributed by atoms with Gasteiger partial charge in [0.1, 0.15) is 12.8 Å². The van der Waals surface area contributed by atoms with E-state index in [9.17, 15) is 4.39 Å². The number of nitrogens with zero attached hydrogens (tertiary/aromatic N) is 2. The van der Waals surface area contributed by atoms with Crippen molar-refractivity contribution in [1.29, 1.82) is 0 Å². The highest BCUT2D eigenvalue weighted by atomic mass is 35.5. The summed E-state index contributed by atoms with van der Waals surface area (Å²) in [6, 6.07) is 0. The number of aliphatic hydroxyl groups excluding tert-OH is 1. The fraction of sp³-hybridized carbons (Fsp3) is 0.625. The second kappa shape index (κ2) is 4.07. The van der Waals surface area contributed by atoms with Crippen LogP contribution in [0.25, 0.3) is 0 Å². The van der Waals surface area contributed by atoms with Crippen LogP contribution >= 0.6 is 11.6 Å². The number of hydrogen-bond donors (Lipinski definition) is 1. The molecule has 1 rings (SSSR count). The van der Waals surface area contributed by atoms with Crippen molar-refractivity contribution < 1.29 is 9.50 Å². The van der Waals surface area contributed by atoms with Gasteiger partial charge in [0.05, 0.1) is 23.0 Å². The molecule has 0 radical (unpaired) electrons. The van der Waals surface area contributed by atoms with E-state index < -0.39 is 12.8 Å². The molecule has 74 valence electrons. The van der Waals surface area contributed by atoms with E-state index in [0.717, 1.165) is 5.69 Å². The highest BCUT2D eigenvalue weighted by molar-refractivity contribution is 6.31. The summed E-state index contributed by atoms with van der Waals surface area (Å²) in [5.74, 6) is 0. The lowest BCUT2D eigenvalue weighted by atomic mass is 10.3. The normalized spacial score (nSPS) is 13.3. The second-order valence-electron chi connectivity index (χ2n) is 2.98. The average Bonchev–Trinajstić information content (AvgIpc) is 2.34. The average molecular weight is 207 g/mol. The SMILES string of the molecule is Cc1nn(CC(O)CF)c(C)c1Cl. The van der Waals surface area contributed by atoms with Gasteiger partial charge in [-0.25, -0.2) is 4.39 Å². The lowest BCUT2D eigenvalue weighted by Gasteiger charge is -2.07. The highest BCUT2D eigenvalue weighted by Crippen LogP contribution is 2.18. The van der Waals surface area contributed by atoms with Crippen LogP contribution in [0.5, 0.6) is 0 Å². The molecule has 1 aromatic heterocycles. The van der Waals surface area contributed by atoms with Crippen molar-refractivity contribution in [3.05, 3.63) is 16.4 Å². The first-order valence-corrected chi connectivity index (χ1v) is 4.37. The molecular weight excluding hydrogens is 195 g/mol. The highest BCUT2D eigenvalue weighted by Gasteiger charge is 2.12. The maximum atomic E-state index is 12.0. The van der Waals surface area contributed by atoms with Crippen LogP contribution in [0.1, 0.15) is 11.4 Å². The van der Waals surface area contributed by atoms with Gasteiger partial charge in [-0.15, -0.1) is 0 Å². The summed E-state index contributed by atoms with van der Waals surface area (Å²) in [5.41, 5.74) is 1.46. The smallest absolute Gasteiger partial charge is 0.117 e. The molecule has 0 bridgehead atoms. The topological polar surface area (TPSA) is 38.0 Å². The van der Waals surface area contributed by atoms with Crippen LogP contribution in [-0.4, -0.2) is 27.7 Å². The summed E-state index contributed by atoms with van der Waals surface area (Å²) in [6.45, 7) is 2.94. The molecule has 1 heterocycles. The lowest BCUT2D eigenvalue weighted by molar-refractivity contribution is 0.117. The number of aliphatic hydroxyl groups is 1. The van der Waals surface area contributed by atoms with E-state index >= 15 is 0 Å². The van der Waals surface area contributed by atoms with Crippen molar-refractivity contribution in [3.8, 4) is 0 Å². The Hall–Kier alpha value is -0.610. The molecule has 0 saturated carbocycles. The molecule has 5 heteroatoms. The fourth-order valence-electron chi connectivity index (χ4n) is 1.10. The van der Waals surface area contributed by atoms with Gasteiger partial charge in [0.15, 0.2) is 0 Å². The van der Waals surface area contributed by atoms with Crippen LogP contribution in [0.2, 0.25) is 5.02 Å². The molecule has 0 aliphatic carbocycles. The molecule has 0 aliphatic rings. The zero-order valence-electron chi connectivity index (χ0n) is 7.59. The Morgan fingerprint density at radius 2 is 2.23 bits per heavy atom. The van der Waals surface area contributed by atoms with E-state index in [1.165, 1.54) is 4.68 Å². The summed E-state index contributed by atoms with van der Waals surface area (Å²) < 4.78 is 13.5. The first kappa shape index (κ1) is 10.5. The first-order valence-electron chi connectivity index (χ1n) is 3.99. The molecule has 1 N–H and O–H groups in total. The molecule has 3 nitrogen and oxygen atoms in total. The molecule has 0 amide bonds. The van der Waals surface area contributed by atoms with Gasteiger partial charge in [-0.1, -0.05) is 11.6 Å². The molecule has 1 atom stereocenters. The zero-order chi connectivity index (χ0) is 10.0. The number of aromatic nitrogens is 2.